The number of aliphatic hydroxyl groups is 1. The SMILES string of the molecule is COC[C@@]1(O)CCCC[C@H]1n1cnc(C(=O)N2CCN(C(=O)O)C[C@H]2Cc2ccccc2)c1-c1cccc(F)c1. The normalized spacial score (nSPS) is 23.3. The minimum absolute atomic E-state index is 0.123. The number of aromatic nitrogens is 2. The summed E-state index contributed by atoms with van der Waals surface area (Å²) in [4.78, 5) is 33.6. The maximum Gasteiger partial charge on any atom is 0.407 e. The number of methoxy groups -OCH3 is 1. The van der Waals surface area contributed by atoms with E-state index in [1.165, 1.54) is 17.0 Å². The van der Waals surface area contributed by atoms with Crippen molar-refractivity contribution in [2.45, 2.75) is 49.8 Å². The molecule has 0 unspecified atom stereocenters. The van der Waals surface area contributed by atoms with Crippen molar-refractivity contribution in [1.29, 1.82) is 0 Å². The van der Waals surface area contributed by atoms with Crippen molar-refractivity contribution >= 4 is 12.0 Å². The van der Waals surface area contributed by atoms with E-state index in [-0.39, 0.29) is 37.8 Å². The molecule has 1 saturated carbocycles. The molecule has 2 fully saturated rings. The van der Waals surface area contributed by atoms with E-state index in [0.29, 0.717) is 30.5 Å². The quantitative estimate of drug-likeness (QED) is 0.456. The highest BCUT2D eigenvalue weighted by Gasteiger charge is 2.43. The van der Waals surface area contributed by atoms with E-state index in [4.69, 9.17) is 4.74 Å². The van der Waals surface area contributed by atoms with E-state index in [2.05, 4.69) is 4.98 Å². The Morgan fingerprint density at radius 1 is 1.12 bits per heavy atom. The number of rotatable bonds is 7. The zero-order valence-electron chi connectivity index (χ0n) is 22.6. The van der Waals surface area contributed by atoms with Crippen molar-refractivity contribution in [3.05, 3.63) is 78.0 Å². The van der Waals surface area contributed by atoms with Gasteiger partial charge in [-0.1, -0.05) is 55.3 Å². The first-order valence-electron chi connectivity index (χ1n) is 13.7. The van der Waals surface area contributed by atoms with Crippen molar-refractivity contribution in [2.24, 2.45) is 0 Å². The lowest BCUT2D eigenvalue weighted by molar-refractivity contribution is -0.0893. The smallest absolute Gasteiger partial charge is 0.407 e. The maximum atomic E-state index is 14.5. The van der Waals surface area contributed by atoms with Crippen molar-refractivity contribution < 1.29 is 28.9 Å². The van der Waals surface area contributed by atoms with Crippen molar-refractivity contribution in [2.75, 3.05) is 33.4 Å². The van der Waals surface area contributed by atoms with Crippen LogP contribution in [-0.4, -0.2) is 86.6 Å². The van der Waals surface area contributed by atoms with Crippen LogP contribution in [0.2, 0.25) is 0 Å². The van der Waals surface area contributed by atoms with Gasteiger partial charge in [0.2, 0.25) is 0 Å². The fourth-order valence-electron chi connectivity index (χ4n) is 6.19. The molecule has 2 amide bonds. The molecule has 40 heavy (non-hydrogen) atoms. The van der Waals surface area contributed by atoms with Gasteiger partial charge < -0.3 is 29.3 Å². The Morgan fingerprint density at radius 3 is 2.65 bits per heavy atom. The van der Waals surface area contributed by atoms with Crippen LogP contribution in [0.1, 0.15) is 47.8 Å². The first kappa shape index (κ1) is 27.8. The molecule has 1 aromatic heterocycles. The number of carbonyl (C=O) groups is 2. The lowest BCUT2D eigenvalue weighted by atomic mass is 9.80. The molecule has 10 heteroatoms. The summed E-state index contributed by atoms with van der Waals surface area (Å²) in [5.74, 6) is -0.799. The molecule has 5 rings (SSSR count). The highest BCUT2D eigenvalue weighted by molar-refractivity contribution is 5.98. The van der Waals surface area contributed by atoms with Crippen LogP contribution in [0.4, 0.5) is 9.18 Å². The van der Waals surface area contributed by atoms with Crippen LogP contribution >= 0.6 is 0 Å². The van der Waals surface area contributed by atoms with Gasteiger partial charge in [-0.2, -0.15) is 0 Å². The molecule has 2 heterocycles. The van der Waals surface area contributed by atoms with E-state index >= 15 is 0 Å². The second-order valence-electron chi connectivity index (χ2n) is 10.7. The van der Waals surface area contributed by atoms with Gasteiger partial charge in [-0.05, 0) is 37.0 Å². The van der Waals surface area contributed by atoms with Crippen LogP contribution in [0.5, 0.6) is 0 Å². The molecule has 1 aliphatic heterocycles. The number of benzene rings is 2. The molecule has 3 aromatic rings. The summed E-state index contributed by atoms with van der Waals surface area (Å²) in [6, 6.07) is 14.8. The molecule has 2 aromatic carbocycles. The Bertz CT molecular complexity index is 1340. The molecule has 2 N–H and O–H groups in total. The Kier molecular flexibility index (Phi) is 8.18. The molecule has 1 aliphatic carbocycles. The molecule has 2 aliphatic rings. The van der Waals surface area contributed by atoms with Gasteiger partial charge in [0, 0.05) is 32.3 Å². The highest BCUT2D eigenvalue weighted by Crippen LogP contribution is 2.41. The monoisotopic (exact) mass is 550 g/mol. The van der Waals surface area contributed by atoms with Crippen LogP contribution in [0.15, 0.2) is 60.9 Å². The van der Waals surface area contributed by atoms with Gasteiger partial charge in [0.25, 0.3) is 5.91 Å². The zero-order valence-corrected chi connectivity index (χ0v) is 22.6. The van der Waals surface area contributed by atoms with Crippen molar-refractivity contribution in [3.63, 3.8) is 0 Å². The Labute approximate surface area is 232 Å². The number of ether oxygens (including phenoxy) is 1. The number of imidazole rings is 1. The van der Waals surface area contributed by atoms with Crippen LogP contribution in [0.25, 0.3) is 11.3 Å². The molecular formula is C30H35FN4O5. The molecule has 3 atom stereocenters. The molecule has 0 radical (unpaired) electrons. The fourth-order valence-corrected chi connectivity index (χ4v) is 6.19. The lowest BCUT2D eigenvalue weighted by Crippen LogP contribution is -2.57. The molecule has 1 saturated heterocycles. The molecule has 0 bridgehead atoms. The Balaban J connectivity index is 1.56. The lowest BCUT2D eigenvalue weighted by Gasteiger charge is -2.41. The summed E-state index contributed by atoms with van der Waals surface area (Å²) in [5.41, 5.74) is 0.886. The van der Waals surface area contributed by atoms with Gasteiger partial charge in [-0.3, -0.25) is 4.79 Å². The van der Waals surface area contributed by atoms with Crippen LogP contribution in [0.3, 0.4) is 0 Å². The second kappa shape index (κ2) is 11.8. The molecule has 212 valence electrons. The number of nitrogens with zero attached hydrogens (tertiary/aromatic N) is 4. The molecule has 9 nitrogen and oxygen atoms in total. The van der Waals surface area contributed by atoms with Crippen LogP contribution in [-0.2, 0) is 11.2 Å². The number of carboxylic acid groups (broad SMARTS) is 1. The van der Waals surface area contributed by atoms with E-state index in [1.54, 1.807) is 35.0 Å². The number of hydrogen-bond donors (Lipinski definition) is 2. The summed E-state index contributed by atoms with van der Waals surface area (Å²) in [6.07, 6.45) is 3.93. The Hall–Kier alpha value is -3.76. The Morgan fingerprint density at radius 2 is 1.93 bits per heavy atom. The van der Waals surface area contributed by atoms with Gasteiger partial charge in [0.05, 0.1) is 30.7 Å². The van der Waals surface area contributed by atoms with E-state index < -0.39 is 29.6 Å². The standard InChI is InChI=1S/C30H35FN4O5/c1-40-19-30(39)13-6-5-12-25(30)35-20-32-26(27(35)22-10-7-11-23(31)17-22)28(36)34-15-14-33(29(37)38)18-24(34)16-21-8-3-2-4-9-21/h2-4,7-11,17,20,24-25,39H,5-6,12-16,18-19H2,1H3,(H,37,38)/t24-,25-,30+/m1/s1. The zero-order chi connectivity index (χ0) is 28.3. The minimum atomic E-state index is -1.17. The van der Waals surface area contributed by atoms with Crippen LogP contribution < -0.4 is 0 Å². The first-order valence-corrected chi connectivity index (χ1v) is 13.7. The number of piperazine rings is 1. The van der Waals surface area contributed by atoms with Gasteiger partial charge in [-0.15, -0.1) is 0 Å². The predicted octanol–water partition coefficient (Wildman–Crippen LogP) is 4.23. The molecule has 0 spiro atoms. The average molecular weight is 551 g/mol. The van der Waals surface area contributed by atoms with Gasteiger partial charge >= 0.3 is 6.09 Å². The summed E-state index contributed by atoms with van der Waals surface area (Å²) >= 11 is 0. The van der Waals surface area contributed by atoms with E-state index in [1.807, 2.05) is 30.3 Å². The van der Waals surface area contributed by atoms with Gasteiger partial charge in [0.1, 0.15) is 11.4 Å². The van der Waals surface area contributed by atoms with Crippen molar-refractivity contribution in [1.82, 2.24) is 19.4 Å². The number of halogens is 1. The van der Waals surface area contributed by atoms with E-state index in [0.717, 1.165) is 18.4 Å². The summed E-state index contributed by atoms with van der Waals surface area (Å²) < 4.78 is 21.6. The predicted molar refractivity (Wildman–Crippen MR) is 147 cm³/mol. The number of carbonyl (C=O) groups excluding carboxylic acids is 1. The van der Waals surface area contributed by atoms with Gasteiger partial charge in [0.15, 0.2) is 5.69 Å². The highest BCUT2D eigenvalue weighted by atomic mass is 19.1. The van der Waals surface area contributed by atoms with Crippen molar-refractivity contribution in [3.8, 4) is 11.3 Å². The van der Waals surface area contributed by atoms with E-state index in [9.17, 15) is 24.2 Å². The summed E-state index contributed by atoms with van der Waals surface area (Å²) in [5, 5.41) is 21.3. The average Bonchev–Trinajstić information content (AvgIpc) is 3.38. The van der Waals surface area contributed by atoms with Gasteiger partial charge in [-0.25, -0.2) is 14.2 Å². The summed E-state index contributed by atoms with van der Waals surface area (Å²) in [7, 11) is 1.55. The topological polar surface area (TPSA) is 108 Å². The third kappa shape index (κ3) is 5.59. The number of hydrogen-bond acceptors (Lipinski definition) is 5. The maximum absolute atomic E-state index is 14.5. The third-order valence-corrected chi connectivity index (χ3v) is 8.11. The minimum Gasteiger partial charge on any atom is -0.465 e. The first-order chi connectivity index (χ1) is 19.3. The number of amides is 2. The van der Waals surface area contributed by atoms with Crippen LogP contribution in [0, 0.1) is 5.82 Å². The second-order valence-corrected chi connectivity index (χ2v) is 10.7. The third-order valence-electron chi connectivity index (χ3n) is 8.11. The fraction of sp³-hybridized carbons (Fsp3) is 0.433. The summed E-state index contributed by atoms with van der Waals surface area (Å²) in [6.45, 7) is 0.675. The molecular weight excluding hydrogens is 515 g/mol. The largest absolute Gasteiger partial charge is 0.465 e.